The summed E-state index contributed by atoms with van der Waals surface area (Å²) in [4.78, 5) is 2.66. The quantitative estimate of drug-likeness (QED) is 0.749. The summed E-state index contributed by atoms with van der Waals surface area (Å²) in [6.45, 7) is 7.26. The van der Waals surface area contributed by atoms with Gasteiger partial charge in [0.1, 0.15) is 0 Å². The Morgan fingerprint density at radius 1 is 1.12 bits per heavy atom. The van der Waals surface area contributed by atoms with Crippen molar-refractivity contribution in [1.29, 1.82) is 0 Å². The largest absolute Gasteiger partial charge is 0.298 e. The van der Waals surface area contributed by atoms with Crippen LogP contribution in [0, 0.1) is 0 Å². The Morgan fingerprint density at radius 3 is 2.56 bits per heavy atom. The van der Waals surface area contributed by atoms with Gasteiger partial charge in [-0.15, -0.1) is 0 Å². The Morgan fingerprint density at radius 2 is 1.88 bits per heavy atom. The number of nitrogens with zero attached hydrogens (tertiary/aromatic N) is 1. The first-order valence-electron chi connectivity index (χ1n) is 6.47. The van der Waals surface area contributed by atoms with Crippen LogP contribution >= 0.6 is 0 Å². The number of hydrogen-bond donors (Lipinski definition) is 0. The van der Waals surface area contributed by atoms with Crippen LogP contribution in [-0.2, 0) is 6.42 Å². The zero-order valence-electron chi connectivity index (χ0n) is 10.6. The third-order valence-electron chi connectivity index (χ3n) is 3.84. The fourth-order valence-corrected chi connectivity index (χ4v) is 2.64. The van der Waals surface area contributed by atoms with E-state index in [9.17, 15) is 0 Å². The molecule has 16 heavy (non-hydrogen) atoms. The minimum Gasteiger partial charge on any atom is -0.298 e. The van der Waals surface area contributed by atoms with Crippen LogP contribution in [0.15, 0.2) is 30.3 Å². The van der Waals surface area contributed by atoms with E-state index in [1.807, 2.05) is 0 Å². The highest BCUT2D eigenvalue weighted by Crippen LogP contribution is 2.27. The zero-order chi connectivity index (χ0) is 11.4. The fourth-order valence-electron chi connectivity index (χ4n) is 2.64. The molecule has 0 aromatic heterocycles. The average Bonchev–Trinajstić information content (AvgIpc) is 2.28. The van der Waals surface area contributed by atoms with E-state index < -0.39 is 0 Å². The van der Waals surface area contributed by atoms with Crippen molar-refractivity contribution in [1.82, 2.24) is 4.90 Å². The molecule has 1 fully saturated rings. The van der Waals surface area contributed by atoms with E-state index in [4.69, 9.17) is 0 Å². The smallest absolute Gasteiger partial charge is 0.0153 e. The van der Waals surface area contributed by atoms with Crippen LogP contribution in [-0.4, -0.2) is 23.5 Å². The Hall–Kier alpha value is -0.820. The van der Waals surface area contributed by atoms with Gasteiger partial charge in [0.15, 0.2) is 0 Å². The molecule has 1 aromatic carbocycles. The maximum atomic E-state index is 2.66. The van der Waals surface area contributed by atoms with Gasteiger partial charge in [-0.25, -0.2) is 0 Å². The zero-order valence-corrected chi connectivity index (χ0v) is 10.6. The molecule has 1 saturated heterocycles. The molecule has 1 aromatic rings. The summed E-state index contributed by atoms with van der Waals surface area (Å²) in [6.07, 6.45) is 5.30. The van der Waals surface area contributed by atoms with Gasteiger partial charge in [-0.3, -0.25) is 4.90 Å². The monoisotopic (exact) mass is 217 g/mol. The predicted octanol–water partition coefficient (Wildman–Crippen LogP) is 3.49. The third-order valence-corrected chi connectivity index (χ3v) is 3.84. The van der Waals surface area contributed by atoms with Gasteiger partial charge in [-0.05, 0) is 45.2 Å². The first-order valence-corrected chi connectivity index (χ1v) is 6.47. The average molecular weight is 217 g/mol. The Balaban J connectivity index is 1.90. The molecule has 1 aliphatic rings. The van der Waals surface area contributed by atoms with E-state index in [0.717, 1.165) is 0 Å². The van der Waals surface area contributed by atoms with Crippen LogP contribution in [0.5, 0.6) is 0 Å². The topological polar surface area (TPSA) is 3.24 Å². The summed E-state index contributed by atoms with van der Waals surface area (Å²) >= 11 is 0. The number of rotatable bonds is 3. The summed E-state index contributed by atoms with van der Waals surface area (Å²) in [6, 6.07) is 10.8. The molecule has 1 heteroatoms. The van der Waals surface area contributed by atoms with Crippen LogP contribution in [0.25, 0.3) is 0 Å². The Bertz CT molecular complexity index is 315. The molecule has 0 atom stereocenters. The summed E-state index contributed by atoms with van der Waals surface area (Å²) in [5, 5.41) is 0. The molecule has 0 N–H and O–H groups in total. The molecule has 0 radical (unpaired) electrons. The molecule has 0 bridgehead atoms. The van der Waals surface area contributed by atoms with Crippen LogP contribution in [0.3, 0.4) is 0 Å². The van der Waals surface area contributed by atoms with Gasteiger partial charge in [0.05, 0.1) is 0 Å². The van der Waals surface area contributed by atoms with Crippen molar-refractivity contribution in [2.45, 2.75) is 45.1 Å². The molecule has 1 nitrogen and oxygen atoms in total. The van der Waals surface area contributed by atoms with E-state index in [0.29, 0.717) is 5.54 Å². The van der Waals surface area contributed by atoms with E-state index in [1.165, 1.54) is 44.3 Å². The van der Waals surface area contributed by atoms with Gasteiger partial charge in [-0.1, -0.05) is 36.8 Å². The second kappa shape index (κ2) is 5.01. The van der Waals surface area contributed by atoms with Crippen molar-refractivity contribution >= 4 is 0 Å². The van der Waals surface area contributed by atoms with Gasteiger partial charge < -0.3 is 0 Å². The maximum absolute atomic E-state index is 2.66. The molecular weight excluding hydrogens is 194 g/mol. The Labute approximate surface area is 99.5 Å². The molecule has 88 valence electrons. The van der Waals surface area contributed by atoms with Crippen molar-refractivity contribution in [3.8, 4) is 0 Å². The summed E-state index contributed by atoms with van der Waals surface area (Å²) in [5.41, 5.74) is 1.87. The van der Waals surface area contributed by atoms with Crippen LogP contribution in [0.4, 0.5) is 0 Å². The molecule has 0 aliphatic carbocycles. The lowest BCUT2D eigenvalue weighted by atomic mass is 9.90. The van der Waals surface area contributed by atoms with Gasteiger partial charge in [0.25, 0.3) is 0 Å². The van der Waals surface area contributed by atoms with Gasteiger partial charge in [-0.2, -0.15) is 0 Å². The first kappa shape index (κ1) is 11.7. The van der Waals surface area contributed by atoms with E-state index in [2.05, 4.69) is 49.1 Å². The molecule has 1 aliphatic heterocycles. The molecule has 0 amide bonds. The second-order valence-electron chi connectivity index (χ2n) is 5.49. The lowest BCUT2D eigenvalue weighted by molar-refractivity contribution is 0.0784. The van der Waals surface area contributed by atoms with Crippen LogP contribution in [0.2, 0.25) is 0 Å². The number of benzene rings is 1. The van der Waals surface area contributed by atoms with E-state index in [-0.39, 0.29) is 0 Å². The summed E-state index contributed by atoms with van der Waals surface area (Å²) < 4.78 is 0. The molecular formula is C15H23N. The van der Waals surface area contributed by atoms with Crippen molar-refractivity contribution in [2.24, 2.45) is 0 Å². The van der Waals surface area contributed by atoms with Crippen LogP contribution in [0.1, 0.15) is 38.7 Å². The minimum atomic E-state index is 0.410. The normalized spacial score (nSPS) is 20.9. The lowest BCUT2D eigenvalue weighted by Crippen LogP contribution is -2.48. The molecule has 0 saturated carbocycles. The highest BCUT2D eigenvalue weighted by molar-refractivity contribution is 5.15. The van der Waals surface area contributed by atoms with E-state index in [1.54, 1.807) is 0 Å². The first-order chi connectivity index (χ1) is 7.68. The molecule has 1 heterocycles. The lowest BCUT2D eigenvalue weighted by Gasteiger charge is -2.42. The molecule has 2 rings (SSSR count). The van der Waals surface area contributed by atoms with Crippen LogP contribution < -0.4 is 0 Å². The van der Waals surface area contributed by atoms with Crippen molar-refractivity contribution < 1.29 is 0 Å². The standard InChI is InChI=1S/C15H23N/c1-15(2)11-6-7-12-16(15)13-10-14-8-4-3-5-9-14/h3-5,8-9H,6-7,10-13H2,1-2H3. The molecule has 0 spiro atoms. The SMILES string of the molecule is CC1(C)CCCCN1CCc1ccccc1. The van der Waals surface area contributed by atoms with Crippen molar-refractivity contribution in [2.75, 3.05) is 13.1 Å². The van der Waals surface area contributed by atoms with Gasteiger partial charge >= 0.3 is 0 Å². The van der Waals surface area contributed by atoms with Crippen molar-refractivity contribution in [3.63, 3.8) is 0 Å². The van der Waals surface area contributed by atoms with E-state index >= 15 is 0 Å². The highest BCUT2D eigenvalue weighted by atomic mass is 15.2. The summed E-state index contributed by atoms with van der Waals surface area (Å²) in [7, 11) is 0. The Kier molecular flexibility index (Phi) is 3.65. The summed E-state index contributed by atoms with van der Waals surface area (Å²) in [5.74, 6) is 0. The second-order valence-corrected chi connectivity index (χ2v) is 5.49. The fraction of sp³-hybridized carbons (Fsp3) is 0.600. The van der Waals surface area contributed by atoms with Gasteiger partial charge in [0.2, 0.25) is 0 Å². The predicted molar refractivity (Wildman–Crippen MR) is 69.6 cm³/mol. The maximum Gasteiger partial charge on any atom is 0.0153 e. The third kappa shape index (κ3) is 2.85. The highest BCUT2D eigenvalue weighted by Gasteiger charge is 2.28. The molecule has 0 unspecified atom stereocenters. The van der Waals surface area contributed by atoms with Gasteiger partial charge in [0, 0.05) is 12.1 Å². The minimum absolute atomic E-state index is 0.410. The number of likely N-dealkylation sites (tertiary alicyclic amines) is 1. The number of piperidine rings is 1. The van der Waals surface area contributed by atoms with Crippen molar-refractivity contribution in [3.05, 3.63) is 35.9 Å². The number of hydrogen-bond acceptors (Lipinski definition) is 1.